The predicted molar refractivity (Wildman–Crippen MR) is 116 cm³/mol. The maximum absolute atomic E-state index is 12.9. The largest absolute Gasteiger partial charge is 0.332 e. The first-order valence-corrected chi connectivity index (χ1v) is 10.0. The lowest BCUT2D eigenvalue weighted by Gasteiger charge is -2.09. The van der Waals surface area contributed by atoms with Crippen LogP contribution < -0.4 is 11.2 Å². The lowest BCUT2D eigenvalue weighted by molar-refractivity contribution is 0.555. The second-order valence-electron chi connectivity index (χ2n) is 7.12. The maximum atomic E-state index is 12.9. The van der Waals surface area contributed by atoms with Crippen molar-refractivity contribution in [1.82, 2.24) is 19.1 Å². The number of rotatable bonds is 6. The Kier molecular flexibility index (Phi) is 5.16. The van der Waals surface area contributed by atoms with Gasteiger partial charge in [-0.05, 0) is 24.0 Å². The third kappa shape index (κ3) is 3.42. The Hall–Kier alpha value is -3.41. The number of hydrogen-bond acceptors (Lipinski definition) is 3. The number of imidazole rings is 1. The molecule has 2 heterocycles. The minimum Gasteiger partial charge on any atom is -0.332 e. The summed E-state index contributed by atoms with van der Waals surface area (Å²) in [4.78, 5) is 33.4. The van der Waals surface area contributed by atoms with E-state index in [4.69, 9.17) is 0 Å². The van der Waals surface area contributed by atoms with E-state index >= 15 is 0 Å². The Morgan fingerprint density at radius 2 is 1.38 bits per heavy atom. The molecule has 4 rings (SSSR count). The van der Waals surface area contributed by atoms with Crippen LogP contribution in [0.15, 0.2) is 64.2 Å². The topological polar surface area (TPSA) is 72.7 Å². The minimum atomic E-state index is -0.307. The van der Waals surface area contributed by atoms with Crippen LogP contribution in [0.1, 0.15) is 26.7 Å². The van der Waals surface area contributed by atoms with E-state index in [0.29, 0.717) is 36.5 Å². The highest BCUT2D eigenvalue weighted by molar-refractivity contribution is 5.76. The van der Waals surface area contributed by atoms with Crippen LogP contribution in [0.2, 0.25) is 0 Å². The number of H-pyrrole nitrogens is 1. The van der Waals surface area contributed by atoms with Gasteiger partial charge in [0.25, 0.3) is 5.56 Å². The molecule has 0 spiro atoms. The number of benzene rings is 2. The van der Waals surface area contributed by atoms with Gasteiger partial charge < -0.3 is 4.98 Å². The fourth-order valence-corrected chi connectivity index (χ4v) is 3.60. The Morgan fingerprint density at radius 3 is 2.03 bits per heavy atom. The SMILES string of the molecule is CCCn1c(=O)c2[nH]c(-c3ccc(-c4ccccc4)cc3)nc2n(CCC)c1=O. The van der Waals surface area contributed by atoms with Crippen molar-refractivity contribution < 1.29 is 0 Å². The van der Waals surface area contributed by atoms with E-state index in [-0.39, 0.29) is 11.2 Å². The van der Waals surface area contributed by atoms with E-state index in [0.717, 1.165) is 23.1 Å². The van der Waals surface area contributed by atoms with E-state index in [1.807, 2.05) is 56.3 Å². The van der Waals surface area contributed by atoms with Crippen LogP contribution >= 0.6 is 0 Å². The molecule has 0 saturated heterocycles. The van der Waals surface area contributed by atoms with Crippen LogP contribution in [-0.2, 0) is 13.1 Å². The van der Waals surface area contributed by atoms with Gasteiger partial charge >= 0.3 is 5.69 Å². The molecule has 0 saturated carbocycles. The molecule has 0 amide bonds. The van der Waals surface area contributed by atoms with Crippen molar-refractivity contribution in [2.24, 2.45) is 0 Å². The summed E-state index contributed by atoms with van der Waals surface area (Å²) in [5.41, 5.74) is 3.34. The lowest BCUT2D eigenvalue weighted by Crippen LogP contribution is -2.40. The molecule has 0 aliphatic heterocycles. The van der Waals surface area contributed by atoms with E-state index in [1.165, 1.54) is 4.57 Å². The van der Waals surface area contributed by atoms with Gasteiger partial charge in [0.05, 0.1) is 0 Å². The molecular formula is C23H24N4O2. The first-order valence-electron chi connectivity index (χ1n) is 10.0. The van der Waals surface area contributed by atoms with E-state index in [9.17, 15) is 9.59 Å². The summed E-state index contributed by atoms with van der Waals surface area (Å²) >= 11 is 0. The van der Waals surface area contributed by atoms with Crippen LogP contribution in [0.25, 0.3) is 33.7 Å². The van der Waals surface area contributed by atoms with Gasteiger partial charge in [0.2, 0.25) is 0 Å². The van der Waals surface area contributed by atoms with E-state index < -0.39 is 0 Å². The molecule has 0 radical (unpaired) electrons. The lowest BCUT2D eigenvalue weighted by atomic mass is 10.0. The molecule has 0 fully saturated rings. The van der Waals surface area contributed by atoms with Crippen LogP contribution in [0.5, 0.6) is 0 Å². The van der Waals surface area contributed by atoms with Crippen molar-refractivity contribution in [3.8, 4) is 22.5 Å². The van der Waals surface area contributed by atoms with Gasteiger partial charge in [-0.2, -0.15) is 0 Å². The second kappa shape index (κ2) is 7.91. The van der Waals surface area contributed by atoms with Gasteiger partial charge in [-0.25, -0.2) is 9.78 Å². The van der Waals surface area contributed by atoms with Crippen LogP contribution in [-0.4, -0.2) is 19.1 Å². The molecule has 0 aliphatic rings. The average molecular weight is 388 g/mol. The fraction of sp³-hybridized carbons (Fsp3) is 0.261. The third-order valence-electron chi connectivity index (χ3n) is 5.02. The van der Waals surface area contributed by atoms with Crippen molar-refractivity contribution in [2.45, 2.75) is 39.8 Å². The number of fused-ring (bicyclic) bond motifs is 1. The molecule has 0 atom stereocenters. The quantitative estimate of drug-likeness (QED) is 0.542. The number of aromatic nitrogens is 4. The van der Waals surface area contributed by atoms with Crippen LogP contribution in [0.4, 0.5) is 0 Å². The van der Waals surface area contributed by atoms with Gasteiger partial charge in [-0.1, -0.05) is 68.4 Å². The molecule has 6 heteroatoms. The van der Waals surface area contributed by atoms with Crippen LogP contribution in [0, 0.1) is 0 Å². The molecule has 0 aliphatic carbocycles. The second-order valence-corrected chi connectivity index (χ2v) is 7.12. The molecule has 2 aromatic heterocycles. The number of aryl methyl sites for hydroxylation is 1. The molecular weight excluding hydrogens is 364 g/mol. The minimum absolute atomic E-state index is 0.288. The monoisotopic (exact) mass is 388 g/mol. The Labute approximate surface area is 168 Å². The summed E-state index contributed by atoms with van der Waals surface area (Å²) in [6.07, 6.45) is 1.50. The summed E-state index contributed by atoms with van der Waals surface area (Å²) in [5.74, 6) is 0.593. The molecule has 6 nitrogen and oxygen atoms in total. The van der Waals surface area contributed by atoms with Crippen LogP contribution in [0.3, 0.4) is 0 Å². The van der Waals surface area contributed by atoms with Gasteiger partial charge in [0, 0.05) is 18.7 Å². The summed E-state index contributed by atoms with van der Waals surface area (Å²) in [6.45, 7) is 4.88. The first kappa shape index (κ1) is 18.9. The molecule has 0 bridgehead atoms. The molecule has 148 valence electrons. The summed E-state index contributed by atoms with van der Waals surface area (Å²) in [7, 11) is 0. The zero-order valence-corrected chi connectivity index (χ0v) is 16.7. The molecule has 1 N–H and O–H groups in total. The summed E-state index contributed by atoms with van der Waals surface area (Å²) < 4.78 is 2.91. The smallest absolute Gasteiger partial charge is 0.332 e. The van der Waals surface area contributed by atoms with Crippen molar-refractivity contribution in [2.75, 3.05) is 0 Å². The van der Waals surface area contributed by atoms with Gasteiger partial charge in [-0.15, -0.1) is 0 Å². The van der Waals surface area contributed by atoms with Crippen molar-refractivity contribution >= 4 is 11.2 Å². The van der Waals surface area contributed by atoms with Gasteiger partial charge in [0.1, 0.15) is 11.3 Å². The first-order chi connectivity index (χ1) is 14.1. The highest BCUT2D eigenvalue weighted by Gasteiger charge is 2.17. The third-order valence-corrected chi connectivity index (χ3v) is 5.02. The Bertz CT molecular complexity index is 1250. The highest BCUT2D eigenvalue weighted by Crippen LogP contribution is 2.24. The molecule has 2 aromatic carbocycles. The zero-order chi connectivity index (χ0) is 20.4. The number of nitrogens with one attached hydrogen (secondary N) is 1. The average Bonchev–Trinajstić information content (AvgIpc) is 3.20. The van der Waals surface area contributed by atoms with Crippen molar-refractivity contribution in [3.63, 3.8) is 0 Å². The zero-order valence-electron chi connectivity index (χ0n) is 16.7. The molecule has 4 aromatic rings. The normalized spacial score (nSPS) is 11.2. The summed E-state index contributed by atoms with van der Waals surface area (Å²) in [5, 5.41) is 0. The fourth-order valence-electron chi connectivity index (χ4n) is 3.60. The Balaban J connectivity index is 1.83. The standard InChI is InChI=1S/C23H24N4O2/c1-3-14-26-21-19(22(28)27(15-4-2)23(26)29)24-20(25-21)18-12-10-17(11-13-18)16-8-6-5-7-9-16/h5-13H,3-4,14-15H2,1-2H3,(H,24,25). The van der Waals surface area contributed by atoms with Gasteiger partial charge in [-0.3, -0.25) is 13.9 Å². The van der Waals surface area contributed by atoms with E-state index in [2.05, 4.69) is 22.1 Å². The number of aromatic amines is 1. The molecule has 0 unspecified atom stereocenters. The van der Waals surface area contributed by atoms with Crippen molar-refractivity contribution in [1.29, 1.82) is 0 Å². The predicted octanol–water partition coefficient (Wildman–Crippen LogP) is 4.04. The van der Waals surface area contributed by atoms with Crippen molar-refractivity contribution in [3.05, 3.63) is 75.4 Å². The number of nitrogens with zero attached hydrogens (tertiary/aromatic N) is 3. The number of hydrogen-bond donors (Lipinski definition) is 1. The molecule has 29 heavy (non-hydrogen) atoms. The highest BCUT2D eigenvalue weighted by atomic mass is 16.2. The van der Waals surface area contributed by atoms with Gasteiger partial charge in [0.15, 0.2) is 5.65 Å². The maximum Gasteiger partial charge on any atom is 0.332 e. The summed E-state index contributed by atoms with van der Waals surface area (Å²) in [6, 6.07) is 18.2. The van der Waals surface area contributed by atoms with E-state index in [1.54, 1.807) is 4.57 Å². The Morgan fingerprint density at radius 1 is 0.793 bits per heavy atom.